The summed E-state index contributed by atoms with van der Waals surface area (Å²) in [7, 11) is 0. The molecular weight excluding hydrogens is 112 g/mol. The molecule has 9 heavy (non-hydrogen) atoms. The van der Waals surface area contributed by atoms with E-state index in [0.717, 1.165) is 6.42 Å². The first-order valence-electron chi connectivity index (χ1n) is 3.27. The predicted octanol–water partition coefficient (Wildman–Crippen LogP) is 1.90. The fourth-order valence-electron chi connectivity index (χ4n) is 0.330. The van der Waals surface area contributed by atoms with Crippen LogP contribution < -0.4 is 0 Å². The molecule has 0 heterocycles. The number of hydrogen-bond acceptors (Lipinski definition) is 2. The first kappa shape index (κ1) is 8.34. The minimum atomic E-state index is 0.317. The van der Waals surface area contributed by atoms with Crippen molar-refractivity contribution in [3.63, 3.8) is 0 Å². The maximum absolute atomic E-state index is 7.18. The van der Waals surface area contributed by atoms with Crippen LogP contribution in [0, 0.1) is 5.41 Å². The zero-order valence-corrected chi connectivity index (χ0v) is 6.31. The highest BCUT2D eigenvalue weighted by molar-refractivity contribution is 6.28. The molecule has 0 aliphatic rings. The highest BCUT2D eigenvalue weighted by atomic mass is 14.7. The molecule has 0 amide bonds. The molecule has 0 unspecified atom stereocenters. The van der Waals surface area contributed by atoms with Crippen molar-refractivity contribution in [3.8, 4) is 0 Å². The number of hydrogen-bond donors (Lipinski definition) is 1. The highest BCUT2D eigenvalue weighted by Gasteiger charge is 1.86. The topological polar surface area (TPSA) is 36.2 Å². The Hall–Kier alpha value is -0.660. The Morgan fingerprint density at radius 1 is 1.67 bits per heavy atom. The molecule has 0 radical (unpaired) electrons. The van der Waals surface area contributed by atoms with Gasteiger partial charge in [-0.05, 0) is 20.3 Å². The molecule has 0 aromatic carbocycles. The van der Waals surface area contributed by atoms with Gasteiger partial charge in [-0.1, -0.05) is 6.92 Å². The van der Waals surface area contributed by atoms with Crippen LogP contribution in [-0.4, -0.2) is 18.0 Å². The van der Waals surface area contributed by atoms with Crippen molar-refractivity contribution in [1.29, 1.82) is 5.41 Å². The molecule has 0 fully saturated rings. The van der Waals surface area contributed by atoms with Crippen molar-refractivity contribution in [2.75, 3.05) is 0 Å². The predicted molar refractivity (Wildman–Crippen MR) is 41.6 cm³/mol. The first-order chi connectivity index (χ1) is 4.16. The monoisotopic (exact) mass is 126 g/mol. The van der Waals surface area contributed by atoms with E-state index < -0.39 is 0 Å². The lowest BCUT2D eigenvalue weighted by molar-refractivity contribution is 0.842. The van der Waals surface area contributed by atoms with Gasteiger partial charge < -0.3 is 5.41 Å². The molecule has 0 saturated carbocycles. The third-order valence-electron chi connectivity index (χ3n) is 0.909. The van der Waals surface area contributed by atoms with E-state index in [4.69, 9.17) is 5.41 Å². The molecule has 0 aromatic rings. The van der Waals surface area contributed by atoms with Crippen LogP contribution in [-0.2, 0) is 0 Å². The van der Waals surface area contributed by atoms with E-state index in [1.807, 2.05) is 20.8 Å². The van der Waals surface area contributed by atoms with Gasteiger partial charge in [-0.15, -0.1) is 0 Å². The third kappa shape index (κ3) is 5.21. The Labute approximate surface area is 56.5 Å². The summed E-state index contributed by atoms with van der Waals surface area (Å²) in [5, 5.41) is 7.18. The summed E-state index contributed by atoms with van der Waals surface area (Å²) < 4.78 is 0. The maximum Gasteiger partial charge on any atom is 0.0489 e. The van der Waals surface area contributed by atoms with E-state index in [1.165, 1.54) is 0 Å². The molecule has 0 saturated heterocycles. The van der Waals surface area contributed by atoms with Crippen molar-refractivity contribution in [2.45, 2.75) is 33.2 Å². The van der Waals surface area contributed by atoms with Crippen LogP contribution in [0.5, 0.6) is 0 Å². The lowest BCUT2D eigenvalue weighted by Gasteiger charge is -1.93. The molecular formula is C7H14N2. The lowest BCUT2D eigenvalue weighted by Crippen LogP contribution is -1.98. The van der Waals surface area contributed by atoms with Gasteiger partial charge in [-0.3, -0.25) is 4.99 Å². The average molecular weight is 126 g/mol. The van der Waals surface area contributed by atoms with Crippen LogP contribution >= 0.6 is 0 Å². The summed E-state index contributed by atoms with van der Waals surface area (Å²) in [6.45, 7) is 5.95. The van der Waals surface area contributed by atoms with E-state index in [0.29, 0.717) is 11.8 Å². The van der Waals surface area contributed by atoms with Crippen LogP contribution in [0.2, 0.25) is 0 Å². The van der Waals surface area contributed by atoms with E-state index in [2.05, 4.69) is 4.99 Å². The van der Waals surface area contributed by atoms with Gasteiger partial charge in [0.1, 0.15) is 0 Å². The zero-order valence-electron chi connectivity index (χ0n) is 6.31. The summed E-state index contributed by atoms with van der Waals surface area (Å²) in [4.78, 5) is 4.05. The molecule has 0 atom stereocenters. The third-order valence-corrected chi connectivity index (χ3v) is 0.909. The van der Waals surface area contributed by atoms with Crippen molar-refractivity contribution in [3.05, 3.63) is 0 Å². The van der Waals surface area contributed by atoms with Gasteiger partial charge in [-0.2, -0.15) is 0 Å². The van der Waals surface area contributed by atoms with Gasteiger partial charge in [0.05, 0.1) is 0 Å². The molecule has 52 valence electrons. The highest BCUT2D eigenvalue weighted by Crippen LogP contribution is 1.84. The van der Waals surface area contributed by atoms with Crippen molar-refractivity contribution in [1.82, 2.24) is 0 Å². The van der Waals surface area contributed by atoms with Crippen molar-refractivity contribution in [2.24, 2.45) is 4.99 Å². The fraction of sp³-hybridized carbons (Fsp3) is 0.714. The van der Waals surface area contributed by atoms with Gasteiger partial charge >= 0.3 is 0 Å². The van der Waals surface area contributed by atoms with Crippen molar-refractivity contribution >= 4 is 11.9 Å². The Kier molecular flexibility index (Phi) is 3.93. The summed E-state index contributed by atoms with van der Waals surface area (Å²) in [5.41, 5.74) is 0.601. The van der Waals surface area contributed by atoms with Crippen LogP contribution in [0.15, 0.2) is 4.99 Å². The van der Waals surface area contributed by atoms with Crippen LogP contribution in [0.4, 0.5) is 0 Å². The first-order valence-corrected chi connectivity index (χ1v) is 3.27. The van der Waals surface area contributed by atoms with Gasteiger partial charge in [0, 0.05) is 18.0 Å². The summed E-state index contributed by atoms with van der Waals surface area (Å²) in [6.07, 6.45) is 2.40. The van der Waals surface area contributed by atoms with Crippen LogP contribution in [0.1, 0.15) is 27.2 Å². The number of nitrogens with one attached hydrogen (secondary N) is 1. The van der Waals surface area contributed by atoms with E-state index >= 15 is 0 Å². The summed E-state index contributed by atoms with van der Waals surface area (Å²) in [5.74, 6) is 0. The lowest BCUT2D eigenvalue weighted by atomic mass is 10.3. The Morgan fingerprint density at radius 3 is 2.56 bits per heavy atom. The largest absolute Gasteiger partial charge is 0.304 e. The summed E-state index contributed by atoms with van der Waals surface area (Å²) >= 11 is 0. The second kappa shape index (κ2) is 4.24. The molecule has 0 bridgehead atoms. The Bertz CT molecular complexity index is 114. The maximum atomic E-state index is 7.18. The minimum absolute atomic E-state index is 0.317. The number of rotatable bonds is 3. The fourth-order valence-corrected chi connectivity index (χ4v) is 0.330. The molecule has 0 aliphatic carbocycles. The molecule has 1 N–H and O–H groups in total. The smallest absolute Gasteiger partial charge is 0.0489 e. The zero-order chi connectivity index (χ0) is 7.28. The SMILES string of the molecule is CCC(=N)C=NC(C)C. The Morgan fingerprint density at radius 2 is 2.22 bits per heavy atom. The number of nitrogens with zero attached hydrogens (tertiary/aromatic N) is 1. The normalized spacial score (nSPS) is 11.1. The van der Waals surface area contributed by atoms with Gasteiger partial charge in [0.15, 0.2) is 0 Å². The van der Waals surface area contributed by atoms with Crippen molar-refractivity contribution < 1.29 is 0 Å². The van der Waals surface area contributed by atoms with E-state index in [1.54, 1.807) is 6.21 Å². The van der Waals surface area contributed by atoms with Gasteiger partial charge in [0.2, 0.25) is 0 Å². The van der Waals surface area contributed by atoms with E-state index in [9.17, 15) is 0 Å². The quantitative estimate of drug-likeness (QED) is 0.561. The molecule has 0 aromatic heterocycles. The molecule has 0 aliphatic heterocycles. The molecule has 2 nitrogen and oxygen atoms in total. The average Bonchev–Trinajstić information content (AvgIpc) is 1.83. The molecule has 0 spiro atoms. The van der Waals surface area contributed by atoms with E-state index in [-0.39, 0.29) is 0 Å². The summed E-state index contributed by atoms with van der Waals surface area (Å²) in [6, 6.07) is 0.317. The molecule has 2 heteroatoms. The standard InChI is InChI=1S/C7H14N2/c1-4-7(8)5-9-6(2)3/h5-6,8H,4H2,1-3H3. The number of aliphatic imine (C=N–C) groups is 1. The van der Waals surface area contributed by atoms with Crippen LogP contribution in [0.25, 0.3) is 0 Å². The minimum Gasteiger partial charge on any atom is -0.304 e. The van der Waals surface area contributed by atoms with Crippen LogP contribution in [0.3, 0.4) is 0 Å². The second-order valence-corrected chi connectivity index (χ2v) is 2.25. The van der Waals surface area contributed by atoms with Gasteiger partial charge in [0.25, 0.3) is 0 Å². The Balaban J connectivity index is 3.57. The molecule has 0 rings (SSSR count). The second-order valence-electron chi connectivity index (χ2n) is 2.25. The van der Waals surface area contributed by atoms with Gasteiger partial charge in [-0.25, -0.2) is 0 Å².